The number of ether oxygens (including phenoxy) is 1. The van der Waals surface area contributed by atoms with E-state index in [0.717, 1.165) is 10.4 Å². The standard InChI is InChI=1S/C27H21FN6O3/c1-17-23(16-29-30-25(35)24-21-10-6-7-11-22(21)26(36)33(2)32-24)27(37-20-14-12-18(28)13-15-20)34(31-17)19-8-4-3-5-9-19/h3-16H,1-2H3,(H,30,35). The van der Waals surface area contributed by atoms with E-state index in [1.54, 1.807) is 35.9 Å². The number of carbonyl (C=O) groups is 1. The fourth-order valence-electron chi connectivity index (χ4n) is 3.80. The van der Waals surface area contributed by atoms with Gasteiger partial charge in [-0.15, -0.1) is 0 Å². The van der Waals surface area contributed by atoms with Crippen LogP contribution in [0.1, 0.15) is 21.7 Å². The third-order valence-corrected chi connectivity index (χ3v) is 5.62. The summed E-state index contributed by atoms with van der Waals surface area (Å²) in [7, 11) is 1.48. The predicted molar refractivity (Wildman–Crippen MR) is 137 cm³/mol. The van der Waals surface area contributed by atoms with Crippen molar-refractivity contribution in [2.24, 2.45) is 12.1 Å². The molecule has 5 rings (SSSR count). The van der Waals surface area contributed by atoms with Crippen molar-refractivity contribution < 1.29 is 13.9 Å². The number of hydrazone groups is 1. The molecule has 0 radical (unpaired) electrons. The number of halogens is 1. The fourth-order valence-corrected chi connectivity index (χ4v) is 3.80. The minimum absolute atomic E-state index is 0.0642. The van der Waals surface area contributed by atoms with E-state index < -0.39 is 5.91 Å². The highest BCUT2D eigenvalue weighted by atomic mass is 19.1. The number of nitrogens with zero attached hydrogens (tertiary/aromatic N) is 5. The molecule has 0 saturated carbocycles. The molecule has 0 aliphatic heterocycles. The van der Waals surface area contributed by atoms with Crippen molar-refractivity contribution in [1.29, 1.82) is 0 Å². The monoisotopic (exact) mass is 496 g/mol. The van der Waals surface area contributed by atoms with Gasteiger partial charge in [-0.1, -0.05) is 36.4 Å². The Bertz CT molecular complexity index is 1690. The van der Waals surface area contributed by atoms with Crippen LogP contribution in [0.4, 0.5) is 4.39 Å². The molecule has 184 valence electrons. The van der Waals surface area contributed by atoms with Crippen LogP contribution < -0.4 is 15.7 Å². The molecule has 0 saturated heterocycles. The maximum absolute atomic E-state index is 13.4. The van der Waals surface area contributed by atoms with Crippen LogP contribution in [0.5, 0.6) is 11.6 Å². The summed E-state index contributed by atoms with van der Waals surface area (Å²) in [6.45, 7) is 1.78. The van der Waals surface area contributed by atoms with E-state index in [-0.39, 0.29) is 17.1 Å². The van der Waals surface area contributed by atoms with E-state index in [1.807, 2.05) is 30.3 Å². The summed E-state index contributed by atoms with van der Waals surface area (Å²) >= 11 is 0. The van der Waals surface area contributed by atoms with Crippen molar-refractivity contribution in [1.82, 2.24) is 25.0 Å². The van der Waals surface area contributed by atoms with Crippen LogP contribution in [0.3, 0.4) is 0 Å². The predicted octanol–water partition coefficient (Wildman–Crippen LogP) is 4.12. The lowest BCUT2D eigenvalue weighted by Gasteiger charge is -2.10. The molecule has 3 aromatic carbocycles. The zero-order valence-corrected chi connectivity index (χ0v) is 19.9. The molecule has 37 heavy (non-hydrogen) atoms. The first kappa shape index (κ1) is 23.6. The zero-order valence-electron chi connectivity index (χ0n) is 19.9. The Balaban J connectivity index is 1.49. The van der Waals surface area contributed by atoms with Crippen molar-refractivity contribution in [2.75, 3.05) is 0 Å². The Labute approximate surface area is 210 Å². The Morgan fingerprint density at radius 2 is 1.65 bits per heavy atom. The number of carbonyl (C=O) groups excluding carboxylic acids is 1. The van der Waals surface area contributed by atoms with Crippen molar-refractivity contribution in [2.45, 2.75) is 6.92 Å². The number of rotatable bonds is 6. The Hall–Kier alpha value is -5.12. The molecule has 0 aliphatic rings. The van der Waals surface area contributed by atoms with Gasteiger partial charge in [0, 0.05) is 12.4 Å². The van der Waals surface area contributed by atoms with Gasteiger partial charge >= 0.3 is 0 Å². The smallest absolute Gasteiger partial charge is 0.292 e. The van der Waals surface area contributed by atoms with Gasteiger partial charge in [0.25, 0.3) is 11.5 Å². The third-order valence-electron chi connectivity index (χ3n) is 5.62. The summed E-state index contributed by atoms with van der Waals surface area (Å²) in [5, 5.41) is 13.6. The number of aryl methyl sites for hydroxylation is 2. The first-order valence-corrected chi connectivity index (χ1v) is 11.3. The van der Waals surface area contributed by atoms with Crippen LogP contribution in [0.2, 0.25) is 0 Å². The zero-order chi connectivity index (χ0) is 25.9. The molecule has 0 bridgehead atoms. The highest BCUT2D eigenvalue weighted by Crippen LogP contribution is 2.29. The summed E-state index contributed by atoms with van der Waals surface area (Å²) in [5.74, 6) is -0.238. The van der Waals surface area contributed by atoms with E-state index in [4.69, 9.17) is 4.74 Å². The summed E-state index contributed by atoms with van der Waals surface area (Å²) in [5.41, 5.74) is 4.07. The normalized spacial score (nSPS) is 11.2. The second kappa shape index (κ2) is 9.86. The van der Waals surface area contributed by atoms with E-state index in [0.29, 0.717) is 33.7 Å². The number of nitrogens with one attached hydrogen (secondary N) is 1. The van der Waals surface area contributed by atoms with Gasteiger partial charge < -0.3 is 4.74 Å². The lowest BCUT2D eigenvalue weighted by atomic mass is 10.1. The lowest BCUT2D eigenvalue weighted by molar-refractivity contribution is 0.0950. The quantitative estimate of drug-likeness (QED) is 0.281. The summed E-state index contributed by atoms with van der Waals surface area (Å²) < 4.78 is 22.2. The van der Waals surface area contributed by atoms with Crippen LogP contribution in [0.15, 0.2) is 88.8 Å². The number of amides is 1. The van der Waals surface area contributed by atoms with E-state index in [2.05, 4.69) is 20.7 Å². The Kier molecular flexibility index (Phi) is 6.29. The van der Waals surface area contributed by atoms with Gasteiger partial charge in [0.05, 0.1) is 28.5 Å². The van der Waals surface area contributed by atoms with E-state index >= 15 is 0 Å². The van der Waals surface area contributed by atoms with Crippen LogP contribution in [0.25, 0.3) is 16.5 Å². The topological polar surface area (TPSA) is 103 Å². The summed E-state index contributed by atoms with van der Waals surface area (Å²) in [6.07, 6.45) is 1.42. The number of aromatic nitrogens is 4. The van der Waals surface area contributed by atoms with Crippen molar-refractivity contribution in [3.05, 3.63) is 112 Å². The number of fused-ring (bicyclic) bond motifs is 1. The summed E-state index contributed by atoms with van der Waals surface area (Å²) in [4.78, 5) is 25.3. The van der Waals surface area contributed by atoms with Crippen molar-refractivity contribution in [3.8, 4) is 17.3 Å². The average Bonchev–Trinajstić information content (AvgIpc) is 3.22. The Morgan fingerprint density at radius 3 is 2.38 bits per heavy atom. The van der Waals surface area contributed by atoms with Gasteiger partial charge in [0.15, 0.2) is 5.69 Å². The minimum atomic E-state index is -0.586. The number of benzene rings is 3. The molecule has 0 fully saturated rings. The molecule has 2 heterocycles. The molecular weight excluding hydrogens is 475 g/mol. The molecule has 1 N–H and O–H groups in total. The molecule has 1 amide bonds. The number of hydrogen-bond donors (Lipinski definition) is 1. The van der Waals surface area contributed by atoms with Crippen molar-refractivity contribution in [3.63, 3.8) is 0 Å². The highest BCUT2D eigenvalue weighted by Gasteiger charge is 2.19. The number of hydrogen-bond acceptors (Lipinski definition) is 6. The van der Waals surface area contributed by atoms with Gasteiger partial charge in [0.2, 0.25) is 5.88 Å². The van der Waals surface area contributed by atoms with Gasteiger partial charge in [0.1, 0.15) is 11.6 Å². The largest absolute Gasteiger partial charge is 0.438 e. The summed E-state index contributed by atoms with van der Waals surface area (Å²) in [6, 6.07) is 21.7. The molecule has 10 heteroatoms. The molecular formula is C27H21FN6O3. The molecule has 2 aromatic heterocycles. The maximum Gasteiger partial charge on any atom is 0.292 e. The number of para-hydroxylation sites is 1. The first-order valence-electron chi connectivity index (χ1n) is 11.3. The van der Waals surface area contributed by atoms with Crippen LogP contribution in [0, 0.1) is 12.7 Å². The van der Waals surface area contributed by atoms with Gasteiger partial charge in [-0.3, -0.25) is 9.59 Å². The van der Waals surface area contributed by atoms with Crippen molar-refractivity contribution >= 4 is 22.9 Å². The molecule has 0 spiro atoms. The van der Waals surface area contributed by atoms with Gasteiger partial charge in [-0.05, 0) is 49.4 Å². The van der Waals surface area contributed by atoms with Crippen LogP contribution in [-0.2, 0) is 7.05 Å². The molecule has 0 atom stereocenters. The second-order valence-corrected chi connectivity index (χ2v) is 8.13. The SMILES string of the molecule is Cc1nn(-c2ccccc2)c(Oc2ccc(F)cc2)c1C=NNC(=O)c1nn(C)c(=O)c2ccccc12. The van der Waals surface area contributed by atoms with E-state index in [1.165, 1.54) is 37.5 Å². The first-order chi connectivity index (χ1) is 17.9. The van der Waals surface area contributed by atoms with E-state index in [9.17, 15) is 14.0 Å². The van der Waals surface area contributed by atoms with Gasteiger partial charge in [-0.2, -0.15) is 20.0 Å². The second-order valence-electron chi connectivity index (χ2n) is 8.13. The fraction of sp³-hybridized carbons (Fsp3) is 0.0741. The Morgan fingerprint density at radius 1 is 0.973 bits per heavy atom. The minimum Gasteiger partial charge on any atom is -0.438 e. The molecule has 5 aromatic rings. The molecule has 0 unspecified atom stereocenters. The average molecular weight is 497 g/mol. The molecule has 0 aliphatic carbocycles. The molecule has 9 nitrogen and oxygen atoms in total. The maximum atomic E-state index is 13.4. The highest BCUT2D eigenvalue weighted by molar-refractivity contribution is 6.05. The van der Waals surface area contributed by atoms with Crippen LogP contribution >= 0.6 is 0 Å². The third kappa shape index (κ3) is 4.72. The van der Waals surface area contributed by atoms with Gasteiger partial charge in [-0.25, -0.2) is 14.5 Å². The van der Waals surface area contributed by atoms with Crippen LogP contribution in [-0.4, -0.2) is 31.7 Å². The lowest BCUT2D eigenvalue weighted by Crippen LogP contribution is -2.27.